The van der Waals surface area contributed by atoms with Gasteiger partial charge in [-0.25, -0.2) is 4.98 Å². The average Bonchev–Trinajstić information content (AvgIpc) is 2.62. The number of aromatic nitrogens is 2. The van der Waals surface area contributed by atoms with Crippen molar-refractivity contribution in [3.8, 4) is 0 Å². The zero-order valence-corrected chi connectivity index (χ0v) is 14.0. The molecule has 0 aliphatic heterocycles. The number of hydrogen-bond acceptors (Lipinski definition) is 2. The maximum Gasteiger partial charge on any atom is 0.201 e. The molecule has 1 saturated carbocycles. The number of nitrogen functional groups attached to an aromatic ring is 1. The lowest BCUT2D eigenvalue weighted by atomic mass is 9.63. The van der Waals surface area contributed by atoms with E-state index in [2.05, 4.69) is 43.3 Å². The van der Waals surface area contributed by atoms with Gasteiger partial charge in [0.05, 0.1) is 10.5 Å². The molecule has 1 aliphatic carbocycles. The van der Waals surface area contributed by atoms with Crippen molar-refractivity contribution >= 4 is 28.6 Å². The number of halogens is 1. The zero-order valence-electron chi connectivity index (χ0n) is 13.3. The molecule has 0 spiro atoms. The van der Waals surface area contributed by atoms with Crippen molar-refractivity contribution in [2.45, 2.75) is 53.0 Å². The Balaban J connectivity index is 2.12. The lowest BCUT2D eigenvalue weighted by Crippen LogP contribution is -2.35. The topological polar surface area (TPSA) is 43.8 Å². The molecular formula is C17H24ClN3. The molecule has 0 bridgehead atoms. The van der Waals surface area contributed by atoms with Gasteiger partial charge in [-0.15, -0.1) is 0 Å². The Morgan fingerprint density at radius 3 is 2.43 bits per heavy atom. The minimum Gasteiger partial charge on any atom is -0.369 e. The number of nitrogens with two attached hydrogens (primary N) is 1. The van der Waals surface area contributed by atoms with Gasteiger partial charge in [0.1, 0.15) is 5.52 Å². The first-order valence-corrected chi connectivity index (χ1v) is 7.98. The van der Waals surface area contributed by atoms with Crippen LogP contribution < -0.4 is 5.73 Å². The molecule has 0 atom stereocenters. The molecule has 1 aromatic heterocycles. The van der Waals surface area contributed by atoms with Crippen LogP contribution in [0.1, 0.15) is 53.0 Å². The van der Waals surface area contributed by atoms with Gasteiger partial charge in [-0.05, 0) is 42.2 Å². The van der Waals surface area contributed by atoms with E-state index in [0.29, 0.717) is 27.8 Å². The summed E-state index contributed by atoms with van der Waals surface area (Å²) >= 11 is 6.26. The fraction of sp³-hybridized carbons (Fsp3) is 0.588. The van der Waals surface area contributed by atoms with E-state index in [-0.39, 0.29) is 0 Å². The zero-order chi connectivity index (χ0) is 15.4. The van der Waals surface area contributed by atoms with E-state index in [4.69, 9.17) is 17.3 Å². The molecule has 4 heteroatoms. The first-order valence-electron chi connectivity index (χ1n) is 7.61. The van der Waals surface area contributed by atoms with E-state index in [0.717, 1.165) is 23.9 Å². The molecule has 3 nitrogen and oxygen atoms in total. The Morgan fingerprint density at radius 1 is 1.19 bits per heavy atom. The summed E-state index contributed by atoms with van der Waals surface area (Å²) in [6, 6.07) is 6.29. The standard InChI is InChI=1S/C17H24ClN3/c1-16(2)8-11(9-17(3,4)10-16)21-13-7-5-6-12(18)14(13)20-15(21)19/h5-7,11H,8-10H2,1-4H3,(H2,19,20). The predicted molar refractivity (Wildman–Crippen MR) is 89.6 cm³/mol. The highest BCUT2D eigenvalue weighted by Gasteiger charge is 2.40. The smallest absolute Gasteiger partial charge is 0.201 e. The molecule has 1 fully saturated rings. The normalized spacial score (nSPS) is 21.8. The Labute approximate surface area is 131 Å². The fourth-order valence-corrected chi connectivity index (χ4v) is 4.67. The molecular weight excluding hydrogens is 282 g/mol. The highest BCUT2D eigenvalue weighted by Crippen LogP contribution is 2.51. The van der Waals surface area contributed by atoms with Crippen molar-refractivity contribution in [1.82, 2.24) is 9.55 Å². The first-order chi connectivity index (χ1) is 9.69. The Bertz CT molecular complexity index is 669. The highest BCUT2D eigenvalue weighted by molar-refractivity contribution is 6.35. The quantitative estimate of drug-likeness (QED) is 0.801. The van der Waals surface area contributed by atoms with Gasteiger partial charge in [-0.2, -0.15) is 0 Å². The second kappa shape index (κ2) is 4.64. The van der Waals surface area contributed by atoms with Gasteiger partial charge < -0.3 is 10.3 Å². The van der Waals surface area contributed by atoms with Crippen LogP contribution in [0.3, 0.4) is 0 Å². The summed E-state index contributed by atoms with van der Waals surface area (Å²) in [6.07, 6.45) is 3.49. The van der Waals surface area contributed by atoms with Crippen molar-refractivity contribution in [3.05, 3.63) is 23.2 Å². The van der Waals surface area contributed by atoms with E-state index in [1.165, 1.54) is 6.42 Å². The Hall–Kier alpha value is -1.22. The SMILES string of the molecule is CC1(C)CC(n2c(N)nc3c(Cl)cccc32)CC(C)(C)C1. The second-order valence-electron chi connectivity index (χ2n) is 8.01. The summed E-state index contributed by atoms with van der Waals surface area (Å²) in [4.78, 5) is 4.49. The second-order valence-corrected chi connectivity index (χ2v) is 8.42. The van der Waals surface area contributed by atoms with Crippen molar-refractivity contribution in [3.63, 3.8) is 0 Å². The summed E-state index contributed by atoms with van der Waals surface area (Å²) in [6.45, 7) is 9.40. The molecule has 114 valence electrons. The lowest BCUT2D eigenvalue weighted by molar-refractivity contribution is 0.0747. The van der Waals surface area contributed by atoms with Gasteiger partial charge >= 0.3 is 0 Å². The van der Waals surface area contributed by atoms with Gasteiger partial charge in [0, 0.05) is 6.04 Å². The molecule has 1 aromatic carbocycles. The van der Waals surface area contributed by atoms with Gasteiger partial charge in [0.25, 0.3) is 0 Å². The third-order valence-corrected chi connectivity index (χ3v) is 4.90. The highest BCUT2D eigenvalue weighted by atomic mass is 35.5. The summed E-state index contributed by atoms with van der Waals surface area (Å²) in [5.41, 5.74) is 8.72. The third-order valence-electron chi connectivity index (χ3n) is 4.60. The number of rotatable bonds is 1. The summed E-state index contributed by atoms with van der Waals surface area (Å²) in [5, 5.41) is 0.673. The van der Waals surface area contributed by atoms with Crippen molar-refractivity contribution < 1.29 is 0 Å². The van der Waals surface area contributed by atoms with Crippen molar-refractivity contribution in [2.75, 3.05) is 5.73 Å². The van der Waals surface area contributed by atoms with Crippen LogP contribution in [0.15, 0.2) is 18.2 Å². The number of imidazole rings is 1. The van der Waals surface area contributed by atoms with E-state index in [1.807, 2.05) is 12.1 Å². The number of para-hydroxylation sites is 1. The van der Waals surface area contributed by atoms with Crippen LogP contribution in [-0.4, -0.2) is 9.55 Å². The molecule has 0 radical (unpaired) electrons. The van der Waals surface area contributed by atoms with Crippen LogP contribution in [0.25, 0.3) is 11.0 Å². The molecule has 1 heterocycles. The lowest BCUT2D eigenvalue weighted by Gasteiger charge is -2.45. The maximum atomic E-state index is 6.26. The van der Waals surface area contributed by atoms with Crippen LogP contribution in [0.5, 0.6) is 0 Å². The van der Waals surface area contributed by atoms with Gasteiger partial charge in [-0.1, -0.05) is 45.4 Å². The molecule has 1 aliphatic rings. The van der Waals surface area contributed by atoms with E-state index < -0.39 is 0 Å². The number of hydrogen-bond donors (Lipinski definition) is 1. The van der Waals surface area contributed by atoms with Crippen molar-refractivity contribution in [1.29, 1.82) is 0 Å². The molecule has 2 N–H and O–H groups in total. The Morgan fingerprint density at radius 2 is 1.81 bits per heavy atom. The van der Waals surface area contributed by atoms with E-state index in [1.54, 1.807) is 0 Å². The summed E-state index contributed by atoms with van der Waals surface area (Å²) < 4.78 is 2.20. The van der Waals surface area contributed by atoms with Gasteiger partial charge in [0.2, 0.25) is 5.95 Å². The molecule has 21 heavy (non-hydrogen) atoms. The third kappa shape index (κ3) is 2.64. The minimum atomic E-state index is 0.314. The molecule has 3 rings (SSSR count). The van der Waals surface area contributed by atoms with Crippen LogP contribution >= 0.6 is 11.6 Å². The number of anilines is 1. The summed E-state index contributed by atoms with van der Waals surface area (Å²) in [7, 11) is 0. The largest absolute Gasteiger partial charge is 0.369 e. The molecule has 0 amide bonds. The number of benzene rings is 1. The van der Waals surface area contributed by atoms with E-state index in [9.17, 15) is 0 Å². The van der Waals surface area contributed by atoms with Gasteiger partial charge in [-0.3, -0.25) is 0 Å². The minimum absolute atomic E-state index is 0.314. The maximum absolute atomic E-state index is 6.26. The predicted octanol–water partition coefficient (Wildman–Crippen LogP) is 5.05. The van der Waals surface area contributed by atoms with Crippen LogP contribution in [-0.2, 0) is 0 Å². The van der Waals surface area contributed by atoms with Crippen LogP contribution in [0.4, 0.5) is 5.95 Å². The average molecular weight is 306 g/mol. The van der Waals surface area contributed by atoms with Gasteiger partial charge in [0.15, 0.2) is 0 Å². The monoisotopic (exact) mass is 305 g/mol. The molecule has 2 aromatic rings. The Kier molecular flexibility index (Phi) is 3.25. The first kappa shape index (κ1) is 14.7. The molecule has 0 saturated heterocycles. The van der Waals surface area contributed by atoms with E-state index >= 15 is 0 Å². The number of nitrogens with zero attached hydrogens (tertiary/aromatic N) is 2. The van der Waals surface area contributed by atoms with Crippen LogP contribution in [0, 0.1) is 10.8 Å². The fourth-order valence-electron chi connectivity index (χ4n) is 4.45. The van der Waals surface area contributed by atoms with Crippen molar-refractivity contribution in [2.24, 2.45) is 10.8 Å². The summed E-state index contributed by atoms with van der Waals surface area (Å²) in [5.74, 6) is 0.580. The van der Waals surface area contributed by atoms with Crippen LogP contribution in [0.2, 0.25) is 5.02 Å². The number of fused-ring (bicyclic) bond motifs is 1. The molecule has 0 unspecified atom stereocenters.